The average Bonchev–Trinajstić information content (AvgIpc) is 1.69. The number of hydrogen-bond donors (Lipinski definition) is 10. The van der Waals surface area contributed by atoms with Crippen LogP contribution < -0.4 is 26.6 Å². The summed E-state index contributed by atoms with van der Waals surface area (Å²) in [5, 5.41) is 73.7. The summed E-state index contributed by atoms with van der Waals surface area (Å²) < 4.78 is 4.29. The van der Waals surface area contributed by atoms with Gasteiger partial charge in [-0.2, -0.15) is 0 Å². The van der Waals surface area contributed by atoms with Crippen LogP contribution in [0.5, 0.6) is 0 Å². The van der Waals surface area contributed by atoms with Gasteiger partial charge in [0.1, 0.15) is 56.0 Å². The molecule has 149 heavy (non-hydrogen) atoms. The van der Waals surface area contributed by atoms with Crippen molar-refractivity contribution in [2.24, 2.45) is 0 Å². The number of thioether (sulfide) groups is 5. The number of nitrogens with zero attached hydrogens (tertiary/aromatic N) is 10. The Balaban J connectivity index is 0.000000165. The Morgan fingerprint density at radius 1 is 0.315 bits per heavy atom. The number of halogens is 5. The molecule has 1 aliphatic rings. The molecule has 30 nitrogen and oxygen atoms in total. The third-order valence-electron chi connectivity index (χ3n) is 24.5. The summed E-state index contributed by atoms with van der Waals surface area (Å²) in [6.07, 6.45) is 11.1. The Morgan fingerprint density at radius 3 is 0.879 bits per heavy atom. The Morgan fingerprint density at radius 2 is 0.564 bits per heavy atom. The highest BCUT2D eigenvalue weighted by molar-refractivity contribution is 8.02. The van der Waals surface area contributed by atoms with Gasteiger partial charge in [0.15, 0.2) is 25.8 Å². The van der Waals surface area contributed by atoms with Crippen LogP contribution in [0.3, 0.4) is 0 Å². The second-order valence-corrected chi connectivity index (χ2v) is 48.1. The first kappa shape index (κ1) is 115. The molecule has 1 aliphatic carbocycles. The summed E-state index contributed by atoms with van der Waals surface area (Å²) in [6.45, 7) is 32.9. The number of imidazole rings is 5. The first-order chi connectivity index (χ1) is 70.2. The zero-order chi connectivity index (χ0) is 109. The molecule has 1 fully saturated rings. The van der Waals surface area contributed by atoms with Crippen LogP contribution in [0, 0.1) is 6.92 Å². The topological polar surface area (TPSA) is 421 Å². The second kappa shape index (κ2) is 48.6. The lowest BCUT2D eigenvalue weighted by atomic mass is 9.95. The van der Waals surface area contributed by atoms with E-state index in [1.165, 1.54) is 128 Å². The van der Waals surface area contributed by atoms with E-state index in [0.29, 0.717) is 63.4 Å². The van der Waals surface area contributed by atoms with Crippen molar-refractivity contribution in [3.63, 3.8) is 0 Å². The number of aromatic nitrogens is 10. The molecule has 10 N–H and O–H groups in total. The molecule has 5 atom stereocenters. The fourth-order valence-corrected chi connectivity index (χ4v) is 22.1. The normalized spacial score (nSPS) is 13.2. The summed E-state index contributed by atoms with van der Waals surface area (Å²) >= 11 is 38.6. The lowest BCUT2D eigenvalue weighted by Crippen LogP contribution is -2.47. The molecule has 5 amide bonds. The lowest BCUT2D eigenvalue weighted by Gasteiger charge is -2.24. The fraction of sp³-hybridized carbons (Fsp3) is 0.312. The van der Waals surface area contributed by atoms with Gasteiger partial charge in [0.2, 0.25) is 29.5 Å². The van der Waals surface area contributed by atoms with Crippen LogP contribution >= 0.6 is 117 Å². The maximum absolute atomic E-state index is 12.7. The number of carbonyl (C=O) groups excluding carboxylic acids is 5. The Bertz CT molecular complexity index is 7430. The van der Waals surface area contributed by atoms with E-state index >= 15 is 0 Å². The summed E-state index contributed by atoms with van der Waals surface area (Å²) in [5.41, 5.74) is 9.37. The minimum absolute atomic E-state index is 0.366. The fourth-order valence-electron chi connectivity index (χ4n) is 15.7. The van der Waals surface area contributed by atoms with Crippen molar-refractivity contribution in [2.75, 3.05) is 0 Å². The van der Waals surface area contributed by atoms with Crippen molar-refractivity contribution >= 4 is 230 Å². The number of aryl methyl sites for hydroxylation is 2. The van der Waals surface area contributed by atoms with Crippen molar-refractivity contribution in [1.82, 2.24) is 74.3 Å². The van der Waals surface area contributed by atoms with Gasteiger partial charge in [-0.25, -0.2) is 24.9 Å². The smallest absolute Gasteiger partial charge is 0.325 e. The predicted octanol–water partition coefficient (Wildman–Crippen LogP) is 23.6. The monoisotopic (exact) mass is 2210 g/mol. The minimum atomic E-state index is -1.09. The molecule has 782 valence electrons. The molecule has 0 radical (unpaired) electrons. The van der Waals surface area contributed by atoms with Crippen LogP contribution in [0.2, 0.25) is 25.8 Å². The predicted molar refractivity (Wildman–Crippen MR) is 596 cm³/mol. The number of carbonyl (C=O) groups is 10. The van der Waals surface area contributed by atoms with E-state index in [1.54, 1.807) is 105 Å². The Labute approximate surface area is 908 Å². The highest BCUT2D eigenvalue weighted by atomic mass is 35.5. The van der Waals surface area contributed by atoms with Gasteiger partial charge in [-0.3, -0.25) is 70.8 Å². The Kier molecular flexibility index (Phi) is 37.6. The lowest BCUT2D eigenvalue weighted by molar-refractivity contribution is -0.141. The molecule has 5 heterocycles. The molecule has 10 aromatic carbocycles. The molecule has 0 aliphatic heterocycles. The molecule has 1 saturated carbocycles. The van der Waals surface area contributed by atoms with Crippen LogP contribution in [0.25, 0.3) is 82.3 Å². The average molecular weight is 2210 g/mol. The van der Waals surface area contributed by atoms with E-state index in [2.05, 4.69) is 127 Å². The number of amides is 5. The molecule has 5 aromatic heterocycles. The SMILES string of the molecule is CC(NC(=O)C(C)(C)Sc1ncc(Cl)n1-c1ccc(C(C)C)c2ccccc12)C(=O)O.CC(NC(=O)C(C)(C)Sc1ncc(Cl)n1-c1ccc(C2CC2)c2ccccc12)C(=O)O.CC(NC(=O)C(C)(C)Sc1ncc(Cl)n1-c1cccc2ccccc12)C(=O)O.CCc1ccc(-n2c(Cl)cnc2SC(C)(C)C(=O)NC(C)C(=O)O)c2ccccc12.Cc1ccc(-n2c(Cl)cnc2SC(C)(C)C(=O)NC(C)C(=O)O)c2ccccc12. The first-order valence-electron chi connectivity index (χ1n) is 47.5. The van der Waals surface area contributed by atoms with Crippen molar-refractivity contribution in [1.29, 1.82) is 0 Å². The number of rotatable bonds is 33. The number of fused-ring (bicyclic) bond motifs is 5. The van der Waals surface area contributed by atoms with E-state index < -0.39 is 102 Å². The van der Waals surface area contributed by atoms with Gasteiger partial charge in [0, 0.05) is 26.9 Å². The number of carboxylic acids is 5. The highest BCUT2D eigenvalue weighted by Crippen LogP contribution is 2.48. The number of benzene rings is 10. The van der Waals surface area contributed by atoms with E-state index in [0.717, 1.165) is 88.9 Å². The highest BCUT2D eigenvalue weighted by Gasteiger charge is 2.41. The largest absolute Gasteiger partial charge is 0.480 e. The summed E-state index contributed by atoms with van der Waals surface area (Å²) in [5.74, 6) is -6.40. The summed E-state index contributed by atoms with van der Waals surface area (Å²) in [6, 6.07) is 57.9. The van der Waals surface area contributed by atoms with E-state index in [-0.39, 0.29) is 11.8 Å². The van der Waals surface area contributed by atoms with E-state index in [9.17, 15) is 47.9 Å². The van der Waals surface area contributed by atoms with Gasteiger partial charge >= 0.3 is 29.8 Å². The number of hydrogen-bond acceptors (Lipinski definition) is 20. The van der Waals surface area contributed by atoms with Gasteiger partial charge in [-0.1, -0.05) is 295 Å². The van der Waals surface area contributed by atoms with Crippen LogP contribution in [0.15, 0.2) is 245 Å². The van der Waals surface area contributed by atoms with Crippen LogP contribution in [0.4, 0.5) is 0 Å². The van der Waals surface area contributed by atoms with Crippen LogP contribution in [-0.4, -0.2) is 187 Å². The number of carboxylic acid groups (broad SMARTS) is 5. The van der Waals surface area contributed by atoms with Crippen molar-refractivity contribution < 1.29 is 73.5 Å². The molecule has 0 bridgehead atoms. The van der Waals surface area contributed by atoms with Crippen molar-refractivity contribution in [2.45, 2.75) is 242 Å². The molecule has 0 saturated heterocycles. The van der Waals surface area contributed by atoms with Crippen molar-refractivity contribution in [3.05, 3.63) is 267 Å². The molecule has 0 spiro atoms. The van der Waals surface area contributed by atoms with Gasteiger partial charge in [0.05, 0.1) is 83.2 Å². The molecular weight excluding hydrogens is 2100 g/mol. The van der Waals surface area contributed by atoms with Gasteiger partial charge in [0.25, 0.3) is 0 Å². The maximum Gasteiger partial charge on any atom is 0.325 e. The molecule has 5 unspecified atom stereocenters. The standard InChI is InChI=1S/C23H24ClN3O3S.C23H26ClN3O3S.C22H24ClN3O3S.C21H22ClN3O3S.C20H20ClN3O3S/c1-13(20(28)29)26-21(30)23(2,3)31-22-25-12-19(24)27(22)18-11-10-15(14-8-9-14)16-6-4-5-7-17(16)18;1-13(2)15-10-11-18(17-9-7-6-8-16(15)17)27-19(24)12-25-22(27)31-23(4,5)21(30)26-14(3)20(28)29;1-5-14-10-11-17(16-9-7-6-8-15(14)16)26-18(23)12-24-21(26)30-22(3,4)20(29)25-13(2)19(27)28;1-12-9-10-16(15-8-6-5-7-14(12)15)25-17(22)11-23-20(25)29-21(3,4)19(28)24-13(2)18(26)27;1-12(17(25)26)23-18(27)20(2,3)28-19-22-11-16(21)24(19)15-10-6-8-13-7-4-5-9-14(13)15/h4-7,10-14H,8-9H2,1-3H3,(H,26,30)(H,28,29);6-14H,1-5H3,(H,26,30)(H,28,29);6-13H,5H2,1-4H3,(H,25,29)(H,27,28);5-11,13H,1-4H3,(H,24,28)(H,26,27);4-12H,1-3H3,(H,23,27)(H,25,26). The van der Waals surface area contributed by atoms with Gasteiger partial charge < -0.3 is 52.1 Å². The third-order valence-corrected chi connectivity index (χ3v) is 31.6. The second-order valence-electron chi connectivity index (χ2n) is 38.2. The molecule has 40 heteroatoms. The summed E-state index contributed by atoms with van der Waals surface area (Å²) in [7, 11) is 0. The molecule has 16 rings (SSSR count). The molecule has 15 aromatic rings. The van der Waals surface area contributed by atoms with Crippen molar-refractivity contribution in [3.8, 4) is 28.4 Å². The number of aliphatic carboxylic acids is 5. The first-order valence-corrected chi connectivity index (χ1v) is 53.5. The maximum atomic E-state index is 12.7. The summed E-state index contributed by atoms with van der Waals surface area (Å²) in [4.78, 5) is 141. The zero-order valence-corrected chi connectivity index (χ0v) is 93.0. The van der Waals surface area contributed by atoms with Gasteiger partial charge in [-0.05, 0) is 221 Å². The van der Waals surface area contributed by atoms with E-state index in [1.807, 2.05) is 159 Å². The van der Waals surface area contributed by atoms with E-state index in [4.69, 9.17) is 83.5 Å². The number of nitrogens with one attached hydrogen (secondary N) is 5. The third kappa shape index (κ3) is 27.3. The zero-order valence-electron chi connectivity index (χ0n) is 85.2. The van der Waals surface area contributed by atoms with Crippen LogP contribution in [0.1, 0.15) is 172 Å². The Hall–Kier alpha value is -12.6. The molecular formula is C109H116Cl5N15O15S5. The van der Waals surface area contributed by atoms with Crippen LogP contribution in [-0.2, 0) is 54.4 Å². The van der Waals surface area contributed by atoms with Gasteiger partial charge in [-0.15, -0.1) is 0 Å². The quantitative estimate of drug-likeness (QED) is 0.0171. The minimum Gasteiger partial charge on any atom is -0.480 e.